The molecule has 0 spiro atoms. The largest absolute Gasteiger partial charge is 0.375 e. The molecule has 0 aliphatic carbocycles. The molecule has 1 aliphatic rings. The molecule has 0 radical (unpaired) electrons. The number of nitrogens with two attached hydrogens (primary N) is 1. The van der Waals surface area contributed by atoms with Crippen LogP contribution in [0.4, 0.5) is 0 Å². The van der Waals surface area contributed by atoms with Crippen molar-refractivity contribution in [1.82, 2.24) is 4.90 Å². The third-order valence-electron chi connectivity index (χ3n) is 3.10. The fourth-order valence-corrected chi connectivity index (χ4v) is 1.73. The molecule has 94 valence electrons. The van der Waals surface area contributed by atoms with Crippen LogP contribution in [-0.4, -0.2) is 42.6 Å². The predicted octanol–water partition coefficient (Wildman–Crippen LogP) is 0.997. The van der Waals surface area contributed by atoms with Gasteiger partial charge in [0.05, 0.1) is 18.8 Å². The Hall–Kier alpha value is -0.610. The molecule has 1 rings (SSSR count). The van der Waals surface area contributed by atoms with E-state index in [-0.39, 0.29) is 17.4 Å². The lowest BCUT2D eigenvalue weighted by Gasteiger charge is -2.37. The van der Waals surface area contributed by atoms with Crippen molar-refractivity contribution >= 4 is 5.91 Å². The number of rotatable bonds is 2. The van der Waals surface area contributed by atoms with E-state index in [0.717, 1.165) is 6.42 Å². The molecule has 1 saturated heterocycles. The minimum absolute atomic E-state index is 0.0502. The maximum absolute atomic E-state index is 12.2. The summed E-state index contributed by atoms with van der Waals surface area (Å²) in [5, 5.41) is 0. The quantitative estimate of drug-likeness (QED) is 0.767. The zero-order chi connectivity index (χ0) is 12.3. The van der Waals surface area contributed by atoms with Gasteiger partial charge in [-0.2, -0.15) is 0 Å². The predicted molar refractivity (Wildman–Crippen MR) is 64.0 cm³/mol. The Labute approximate surface area is 98.1 Å². The van der Waals surface area contributed by atoms with Crippen molar-refractivity contribution in [3.05, 3.63) is 0 Å². The molecule has 0 bridgehead atoms. The van der Waals surface area contributed by atoms with E-state index in [4.69, 9.17) is 10.5 Å². The first kappa shape index (κ1) is 13.5. The summed E-state index contributed by atoms with van der Waals surface area (Å²) in [7, 11) is 0. The molecule has 2 N–H and O–H groups in total. The summed E-state index contributed by atoms with van der Waals surface area (Å²) in [5.41, 5.74) is 5.80. The fourth-order valence-electron chi connectivity index (χ4n) is 1.73. The molecule has 4 nitrogen and oxygen atoms in total. The van der Waals surface area contributed by atoms with Crippen molar-refractivity contribution in [2.75, 3.05) is 19.7 Å². The number of amides is 1. The highest BCUT2D eigenvalue weighted by molar-refractivity contribution is 5.82. The van der Waals surface area contributed by atoms with Gasteiger partial charge in [0, 0.05) is 13.1 Å². The van der Waals surface area contributed by atoms with Gasteiger partial charge >= 0.3 is 0 Å². The molecular formula is C12H24N2O2. The molecular weight excluding hydrogens is 204 g/mol. The van der Waals surface area contributed by atoms with Crippen molar-refractivity contribution < 1.29 is 9.53 Å². The van der Waals surface area contributed by atoms with Gasteiger partial charge in [-0.05, 0) is 11.8 Å². The number of nitrogens with zero attached hydrogens (tertiary/aromatic N) is 1. The number of hydrogen-bond donors (Lipinski definition) is 1. The van der Waals surface area contributed by atoms with Gasteiger partial charge in [0.15, 0.2) is 0 Å². The Morgan fingerprint density at radius 1 is 1.56 bits per heavy atom. The number of morpholine rings is 1. The molecule has 0 aromatic heterocycles. The highest BCUT2D eigenvalue weighted by atomic mass is 16.5. The van der Waals surface area contributed by atoms with Crippen molar-refractivity contribution in [2.24, 2.45) is 11.1 Å². The van der Waals surface area contributed by atoms with Crippen LogP contribution in [0.1, 0.15) is 34.1 Å². The molecule has 1 heterocycles. The molecule has 4 heteroatoms. The van der Waals surface area contributed by atoms with Crippen LogP contribution in [0, 0.1) is 5.41 Å². The maximum atomic E-state index is 12.2. The molecule has 0 saturated carbocycles. The van der Waals surface area contributed by atoms with Gasteiger partial charge in [-0.3, -0.25) is 4.79 Å². The number of hydrogen-bond acceptors (Lipinski definition) is 3. The average Bonchev–Trinajstić information content (AvgIpc) is 2.26. The normalized spacial score (nSPS) is 24.3. The Morgan fingerprint density at radius 2 is 2.19 bits per heavy atom. The van der Waals surface area contributed by atoms with Crippen LogP contribution in [0.15, 0.2) is 0 Å². The minimum Gasteiger partial charge on any atom is -0.375 e. The Balaban J connectivity index is 2.60. The van der Waals surface area contributed by atoms with E-state index < -0.39 is 6.04 Å². The van der Waals surface area contributed by atoms with Crippen molar-refractivity contribution in [1.29, 1.82) is 0 Å². The van der Waals surface area contributed by atoms with E-state index in [9.17, 15) is 4.79 Å². The van der Waals surface area contributed by atoms with Gasteiger partial charge in [-0.15, -0.1) is 0 Å². The van der Waals surface area contributed by atoms with E-state index in [0.29, 0.717) is 19.7 Å². The molecule has 16 heavy (non-hydrogen) atoms. The summed E-state index contributed by atoms with van der Waals surface area (Å²) >= 11 is 0. The van der Waals surface area contributed by atoms with Crippen LogP contribution in [-0.2, 0) is 9.53 Å². The Kier molecular flexibility index (Phi) is 4.33. The minimum atomic E-state index is -0.428. The third kappa shape index (κ3) is 3.19. The van der Waals surface area contributed by atoms with Gasteiger partial charge in [0.1, 0.15) is 0 Å². The molecule has 0 aromatic carbocycles. The SMILES string of the molecule is CCC1CN(C(=O)[C@@H](N)C(C)(C)C)CCO1. The lowest BCUT2D eigenvalue weighted by molar-refractivity contribution is -0.142. The third-order valence-corrected chi connectivity index (χ3v) is 3.10. The van der Waals surface area contributed by atoms with Crippen molar-refractivity contribution in [2.45, 2.75) is 46.3 Å². The van der Waals surface area contributed by atoms with Crippen LogP contribution < -0.4 is 5.73 Å². The second-order valence-electron chi connectivity index (χ2n) is 5.53. The van der Waals surface area contributed by atoms with E-state index in [1.807, 2.05) is 25.7 Å². The topological polar surface area (TPSA) is 55.6 Å². The summed E-state index contributed by atoms with van der Waals surface area (Å²) in [5.74, 6) is 0.0502. The fraction of sp³-hybridized carbons (Fsp3) is 0.917. The van der Waals surface area contributed by atoms with Crippen LogP contribution in [0.3, 0.4) is 0 Å². The highest BCUT2D eigenvalue weighted by Crippen LogP contribution is 2.20. The zero-order valence-electron chi connectivity index (χ0n) is 10.8. The van der Waals surface area contributed by atoms with Gasteiger partial charge in [-0.1, -0.05) is 27.7 Å². The van der Waals surface area contributed by atoms with E-state index >= 15 is 0 Å². The smallest absolute Gasteiger partial charge is 0.240 e. The summed E-state index contributed by atoms with van der Waals surface area (Å²) in [6.45, 7) is 10.0. The van der Waals surface area contributed by atoms with Crippen LogP contribution >= 0.6 is 0 Å². The highest BCUT2D eigenvalue weighted by Gasteiger charge is 2.33. The second-order valence-corrected chi connectivity index (χ2v) is 5.53. The summed E-state index contributed by atoms with van der Waals surface area (Å²) in [6.07, 6.45) is 1.11. The number of carbonyl (C=O) groups is 1. The van der Waals surface area contributed by atoms with Gasteiger partial charge in [0.25, 0.3) is 0 Å². The zero-order valence-corrected chi connectivity index (χ0v) is 10.8. The van der Waals surface area contributed by atoms with E-state index in [2.05, 4.69) is 6.92 Å². The Bertz CT molecular complexity index is 248. The van der Waals surface area contributed by atoms with Crippen molar-refractivity contribution in [3.8, 4) is 0 Å². The summed E-state index contributed by atoms with van der Waals surface area (Å²) in [6, 6.07) is -0.428. The lowest BCUT2D eigenvalue weighted by Crippen LogP contribution is -2.55. The van der Waals surface area contributed by atoms with Gasteiger partial charge in [0.2, 0.25) is 5.91 Å². The Morgan fingerprint density at radius 3 is 2.69 bits per heavy atom. The molecule has 1 unspecified atom stereocenters. The first-order valence-electron chi connectivity index (χ1n) is 6.02. The van der Waals surface area contributed by atoms with Crippen LogP contribution in [0.2, 0.25) is 0 Å². The number of carbonyl (C=O) groups excluding carboxylic acids is 1. The lowest BCUT2D eigenvalue weighted by atomic mass is 9.86. The van der Waals surface area contributed by atoms with Gasteiger partial charge < -0.3 is 15.4 Å². The maximum Gasteiger partial charge on any atom is 0.240 e. The van der Waals surface area contributed by atoms with E-state index in [1.165, 1.54) is 0 Å². The standard InChI is InChI=1S/C12H24N2O2/c1-5-9-8-14(6-7-16-9)11(15)10(13)12(2,3)4/h9-10H,5-8,13H2,1-4H3/t9?,10-/m1/s1. The molecule has 0 aromatic rings. The van der Waals surface area contributed by atoms with E-state index in [1.54, 1.807) is 0 Å². The summed E-state index contributed by atoms with van der Waals surface area (Å²) < 4.78 is 5.54. The van der Waals surface area contributed by atoms with Crippen LogP contribution in [0.25, 0.3) is 0 Å². The second kappa shape index (κ2) is 5.15. The molecule has 1 fully saturated rings. The summed E-state index contributed by atoms with van der Waals surface area (Å²) in [4.78, 5) is 14.0. The average molecular weight is 228 g/mol. The monoisotopic (exact) mass is 228 g/mol. The van der Waals surface area contributed by atoms with Crippen LogP contribution in [0.5, 0.6) is 0 Å². The molecule has 1 aliphatic heterocycles. The first-order valence-corrected chi connectivity index (χ1v) is 6.02. The van der Waals surface area contributed by atoms with Crippen molar-refractivity contribution in [3.63, 3.8) is 0 Å². The van der Waals surface area contributed by atoms with Gasteiger partial charge in [-0.25, -0.2) is 0 Å². The number of ether oxygens (including phenoxy) is 1. The molecule has 2 atom stereocenters. The first-order chi connectivity index (χ1) is 7.36. The molecule has 1 amide bonds.